The molecule has 1 aromatic heterocycles. The van der Waals surface area contributed by atoms with Crippen LogP contribution in [0.2, 0.25) is 5.28 Å². The number of aromatic nitrogens is 3. The van der Waals surface area contributed by atoms with Gasteiger partial charge in [0, 0.05) is 39.5 Å². The van der Waals surface area contributed by atoms with Crippen LogP contribution in [0.4, 0.5) is 34.1 Å². The minimum atomic E-state index is -5.53. The number of nitrogens with one attached hydrogen (secondary N) is 2. The molecule has 0 aliphatic rings. The van der Waals surface area contributed by atoms with Gasteiger partial charge in [-0.25, -0.2) is 19.6 Å². The number of halogens is 1. The number of benzene rings is 7. The Labute approximate surface area is 670 Å². The van der Waals surface area contributed by atoms with E-state index in [9.17, 15) is 108 Å². The Bertz CT molecular complexity index is 5200. The van der Waals surface area contributed by atoms with Gasteiger partial charge in [-0.3, -0.25) is 32.3 Å². The zero-order valence-electron chi connectivity index (χ0n) is 46.5. The maximum Gasteiger partial charge on any atom is 1.00 e. The van der Waals surface area contributed by atoms with Crippen LogP contribution in [0.5, 0.6) is 11.5 Å². The second kappa shape index (κ2) is 34.1. The fourth-order valence-corrected chi connectivity index (χ4v) is 11.5. The molecule has 12 N–H and O–H groups in total. The number of fused-ring (bicyclic) bond motifs is 2. The van der Waals surface area contributed by atoms with Crippen LogP contribution in [0, 0.1) is 0 Å². The first-order valence-corrected chi connectivity index (χ1v) is 30.5. The molecule has 91 heavy (non-hydrogen) atoms. The fourth-order valence-electron chi connectivity index (χ4n) is 7.64. The van der Waals surface area contributed by atoms with Crippen molar-refractivity contribution in [1.29, 1.82) is 0 Å². The van der Waals surface area contributed by atoms with Gasteiger partial charge in [0.15, 0.2) is 11.5 Å². The maximum atomic E-state index is 12.8. The van der Waals surface area contributed by atoms with Crippen molar-refractivity contribution in [3.05, 3.63) is 125 Å². The number of aromatic hydroxyl groups is 2. The van der Waals surface area contributed by atoms with Crippen molar-refractivity contribution >= 4 is 140 Å². The average Bonchev–Trinajstić information content (AvgIpc) is 1.19. The maximum absolute atomic E-state index is 12.8. The predicted octanol–water partition coefficient (Wildman–Crippen LogP) is -12.0. The summed E-state index contributed by atoms with van der Waals surface area (Å²) >= 11 is 6.14. The third kappa shape index (κ3) is 21.1. The van der Waals surface area contributed by atoms with E-state index in [1.54, 1.807) is 0 Å². The standard InChI is InChI=1S/C43H28ClN9O24S6.2Cu.6Na/c44-41-47-42(45-21-2-1-3-22(14-21)78(60,61)62)49-43(48-41)46-29-15-23(79(63,64)65)8-19-12-31(82(72,73)74)35(37(54)33(19)29)52-50-27-6-4-17(10-25(27)39(56)57)18-5-7-28(26(11-18)40(58)59)51-53-36-32(83(75,76)77)13-20-9-24(80(66,67)68)16-30(81(69,70)71)34(20)38(36)55;;;;;;;;/h1-16,54-55H,(H,56,57)(H,58,59)(H,60,61,62)(H,63,64,65)(H,66,67,68)(H,69,70,71)(H,72,73,74)(H,75,76,77)(H2,45,46,47,48,49);;;;;;;;/q;;;6*+1. The van der Waals surface area contributed by atoms with Crippen LogP contribution < -0.4 is 189 Å². The van der Waals surface area contributed by atoms with Crippen molar-refractivity contribution in [2.45, 2.75) is 29.4 Å². The Morgan fingerprint density at radius 3 is 1.27 bits per heavy atom. The van der Waals surface area contributed by atoms with E-state index in [1.165, 1.54) is 12.1 Å². The van der Waals surface area contributed by atoms with Crippen molar-refractivity contribution in [2.75, 3.05) is 0 Å². The van der Waals surface area contributed by atoms with Gasteiger partial charge in [0.1, 0.15) is 37.4 Å². The molecule has 8 rings (SSSR count). The van der Waals surface area contributed by atoms with Gasteiger partial charge in [-0.2, -0.15) is 55.5 Å². The van der Waals surface area contributed by atoms with Crippen molar-refractivity contribution in [1.82, 2.24) is 15.0 Å². The number of aromatic carboxylic acids is 2. The summed E-state index contributed by atoms with van der Waals surface area (Å²) in [5.41, 5.74) is -7.17. The van der Waals surface area contributed by atoms with Crippen LogP contribution in [0.1, 0.15) is 20.7 Å². The number of nitrogens with zero attached hydrogens (tertiary/aromatic N) is 7. The van der Waals surface area contributed by atoms with Gasteiger partial charge in [-0.05, 0) is 112 Å². The fraction of sp³-hybridized carbons (Fsp3) is 0. The molecule has 0 bridgehead atoms. The van der Waals surface area contributed by atoms with Crippen LogP contribution in [-0.4, -0.2) is 125 Å². The molecular weight excluding hydrogens is 1520 g/mol. The molecule has 2 radical (unpaired) electrons. The molecule has 8 aromatic rings. The van der Waals surface area contributed by atoms with Gasteiger partial charge in [0.2, 0.25) is 16.5 Å². The summed E-state index contributed by atoms with van der Waals surface area (Å²) in [4.78, 5) is 35.5. The third-order valence-electron chi connectivity index (χ3n) is 11.2. The van der Waals surface area contributed by atoms with Crippen LogP contribution in [0.15, 0.2) is 157 Å². The van der Waals surface area contributed by atoms with E-state index in [-0.39, 0.29) is 234 Å². The van der Waals surface area contributed by atoms with Gasteiger partial charge in [0.25, 0.3) is 60.7 Å². The zero-order chi connectivity index (χ0) is 61.3. The van der Waals surface area contributed by atoms with E-state index in [0.717, 1.165) is 48.5 Å². The average molecular weight is 1550 g/mol. The van der Waals surface area contributed by atoms with Crippen LogP contribution in [0.25, 0.3) is 32.7 Å². The molecule has 1 heterocycles. The number of hydrogen-bond donors (Lipinski definition) is 12. The van der Waals surface area contributed by atoms with Gasteiger partial charge >= 0.3 is 189 Å². The Kier molecular flexibility index (Phi) is 33.4. The summed E-state index contributed by atoms with van der Waals surface area (Å²) in [5, 5.41) is 54.5. The molecule has 48 heteroatoms. The Balaban J connectivity index is 0.0000101. The molecule has 7 aromatic carbocycles. The second-order valence-corrected chi connectivity index (χ2v) is 25.4. The number of aromatic amines is 2. The van der Waals surface area contributed by atoms with E-state index in [1.807, 2.05) is 0 Å². The number of carbonyl (C=O) groups is 2. The number of carboxylic acids is 2. The molecule has 33 nitrogen and oxygen atoms in total. The number of azo groups is 2. The molecule has 0 amide bonds. The third-order valence-corrected chi connectivity index (χ3v) is 16.5. The quantitative estimate of drug-likeness (QED) is 0.0258. The topological polar surface area (TPSA) is 560 Å². The molecule has 0 aliphatic heterocycles. The minimum Gasteiger partial charge on any atom is -0.505 e. The van der Waals surface area contributed by atoms with E-state index in [4.69, 9.17) is 11.6 Å². The number of H-pyrrole nitrogens is 2. The first-order chi connectivity index (χ1) is 38.3. The number of rotatable bonds is 15. The number of carboxylic acid groups (broad SMARTS) is 2. The Hall–Kier alpha value is -1.80. The molecule has 0 saturated heterocycles. The Morgan fingerprint density at radius 1 is 0.440 bits per heavy atom. The van der Waals surface area contributed by atoms with Crippen LogP contribution in [-0.2, 0) is 94.8 Å². The molecule has 0 unspecified atom stereocenters. The van der Waals surface area contributed by atoms with E-state index in [2.05, 4.69) is 45.4 Å². The van der Waals surface area contributed by atoms with Crippen molar-refractivity contribution in [3.8, 4) is 22.6 Å². The minimum absolute atomic E-state index is 0. The zero-order valence-corrected chi connectivity index (χ0v) is 66.0. The molecule has 0 fully saturated rings. The first-order valence-electron chi connectivity index (χ1n) is 21.5. The second-order valence-electron chi connectivity index (χ2n) is 16.6. The van der Waals surface area contributed by atoms with E-state index < -0.39 is 191 Å². The smallest absolute Gasteiger partial charge is 0.505 e. The van der Waals surface area contributed by atoms with Crippen molar-refractivity contribution in [3.63, 3.8) is 0 Å². The molecule has 0 atom stereocenters. The van der Waals surface area contributed by atoms with Gasteiger partial charge < -0.3 is 25.4 Å². The summed E-state index contributed by atoms with van der Waals surface area (Å²) in [5.74, 6) is -6.27. The predicted molar refractivity (Wildman–Crippen MR) is 279 cm³/mol. The van der Waals surface area contributed by atoms with Crippen LogP contribution >= 0.6 is 11.6 Å². The SMILES string of the molecule is O=C(O)c1cc(-c2ccc(N=Nc3c(S(=O)(=O)O)cc4cc(S(=O)(=O)O)cc(S(=O)(=O)O)c4c3O)c(C(=O)O)c2)ccc1N=Nc1c(S(=O)(=O)O)cc2cc(S(=O)(=O)O)cc(N=c3[nH]c(Cl)nc(=Nc4cccc(S(=O)(=O)O)c4)[nH]3)c2c1O.[Cu].[Cu].[Na+].[Na+].[Na+].[Na+].[Na+].[Na+]. The van der Waals surface area contributed by atoms with Crippen molar-refractivity contribution in [2.24, 2.45) is 30.4 Å². The molecular formula is C43H28ClCu2N9Na6O24S6+6. The van der Waals surface area contributed by atoms with Gasteiger partial charge in [-0.15, -0.1) is 20.5 Å². The van der Waals surface area contributed by atoms with E-state index >= 15 is 0 Å². The van der Waals surface area contributed by atoms with Gasteiger partial charge in [-0.1, -0.05) is 18.2 Å². The summed E-state index contributed by atoms with van der Waals surface area (Å²) < 4.78 is 206. The summed E-state index contributed by atoms with van der Waals surface area (Å²) in [6.07, 6.45) is 0. The van der Waals surface area contributed by atoms with Crippen molar-refractivity contribution < 1.29 is 319 Å². The molecule has 0 aliphatic carbocycles. The summed E-state index contributed by atoms with van der Waals surface area (Å²) in [7, 11) is -31.7. The molecule has 454 valence electrons. The number of phenols is 2. The first kappa shape index (κ1) is 89.2. The summed E-state index contributed by atoms with van der Waals surface area (Å²) in [6.45, 7) is 0. The molecule has 0 spiro atoms. The van der Waals surface area contributed by atoms with E-state index in [0.29, 0.717) is 30.3 Å². The Morgan fingerprint density at radius 2 is 0.857 bits per heavy atom. The molecule has 0 saturated carbocycles. The normalized spacial score (nSPS) is 12.3. The monoisotopic (exact) mass is 1540 g/mol. The number of hydrogen-bond acceptors (Lipinski definition) is 23. The number of phenolic OH excluding ortho intramolecular Hbond substituents is 2. The van der Waals surface area contributed by atoms with Crippen LogP contribution in [0.3, 0.4) is 0 Å². The largest absolute Gasteiger partial charge is 1.00 e. The summed E-state index contributed by atoms with van der Waals surface area (Å²) in [6, 6.07) is 13.2. The van der Waals surface area contributed by atoms with Gasteiger partial charge in [0.05, 0.1) is 42.6 Å².